The Hall–Kier alpha value is -0.890. The van der Waals surface area contributed by atoms with E-state index in [1.807, 2.05) is 24.4 Å². The Bertz CT molecular complexity index is 373. The lowest BCUT2D eigenvalue weighted by molar-refractivity contribution is 0.192. The number of ether oxygens (including phenoxy) is 1. The first-order valence-corrected chi connectivity index (χ1v) is 7.20. The van der Waals surface area contributed by atoms with Gasteiger partial charge in [0.1, 0.15) is 0 Å². The second-order valence-electron chi connectivity index (χ2n) is 4.55. The van der Waals surface area contributed by atoms with Crippen LogP contribution in [-0.4, -0.2) is 44.8 Å². The van der Waals surface area contributed by atoms with Crippen molar-refractivity contribution in [3.63, 3.8) is 0 Å². The first kappa shape index (κ1) is 20.1. The SMILES string of the molecule is CN=C(NCCCCCOC)NCCc1ccccn1.I. The lowest BCUT2D eigenvalue weighted by Crippen LogP contribution is -2.38. The van der Waals surface area contributed by atoms with Crippen LogP contribution in [-0.2, 0) is 11.2 Å². The number of guanidine groups is 1. The number of halogens is 1. The maximum atomic E-state index is 5.02. The van der Waals surface area contributed by atoms with Gasteiger partial charge in [-0.25, -0.2) is 0 Å². The fourth-order valence-corrected chi connectivity index (χ4v) is 1.83. The van der Waals surface area contributed by atoms with Gasteiger partial charge in [0.25, 0.3) is 0 Å². The molecule has 6 heteroatoms. The van der Waals surface area contributed by atoms with Crippen molar-refractivity contribution in [1.29, 1.82) is 0 Å². The van der Waals surface area contributed by atoms with Crippen LogP contribution in [0.2, 0.25) is 0 Å². The molecule has 0 spiro atoms. The molecule has 0 aliphatic heterocycles. The van der Waals surface area contributed by atoms with E-state index in [2.05, 4.69) is 20.6 Å². The largest absolute Gasteiger partial charge is 0.385 e. The van der Waals surface area contributed by atoms with Crippen molar-refractivity contribution in [1.82, 2.24) is 15.6 Å². The van der Waals surface area contributed by atoms with Crippen molar-refractivity contribution in [2.45, 2.75) is 25.7 Å². The number of aromatic nitrogens is 1. The second kappa shape index (κ2) is 14.1. The van der Waals surface area contributed by atoms with Gasteiger partial charge in [0, 0.05) is 52.2 Å². The van der Waals surface area contributed by atoms with Gasteiger partial charge >= 0.3 is 0 Å². The van der Waals surface area contributed by atoms with Gasteiger partial charge in [-0.2, -0.15) is 0 Å². The first-order valence-electron chi connectivity index (χ1n) is 7.20. The smallest absolute Gasteiger partial charge is 0.190 e. The number of unbranched alkanes of at least 4 members (excludes halogenated alkanes) is 2. The molecule has 0 saturated heterocycles. The zero-order chi connectivity index (χ0) is 14.5. The van der Waals surface area contributed by atoms with E-state index in [1.165, 1.54) is 6.42 Å². The van der Waals surface area contributed by atoms with E-state index < -0.39 is 0 Å². The summed E-state index contributed by atoms with van der Waals surface area (Å²) in [6.45, 7) is 2.62. The molecule has 0 saturated carbocycles. The number of rotatable bonds is 9. The Morgan fingerprint density at radius 1 is 1.19 bits per heavy atom. The van der Waals surface area contributed by atoms with Crippen LogP contribution in [0.4, 0.5) is 0 Å². The Kier molecular flexibility index (Phi) is 13.5. The van der Waals surface area contributed by atoms with Crippen LogP contribution in [0.3, 0.4) is 0 Å². The highest BCUT2D eigenvalue weighted by Crippen LogP contribution is 1.94. The summed E-state index contributed by atoms with van der Waals surface area (Å²) in [5.41, 5.74) is 1.09. The summed E-state index contributed by atoms with van der Waals surface area (Å²) in [6, 6.07) is 5.98. The van der Waals surface area contributed by atoms with Crippen molar-refractivity contribution in [2.75, 3.05) is 33.9 Å². The van der Waals surface area contributed by atoms with Gasteiger partial charge in [-0.1, -0.05) is 6.07 Å². The van der Waals surface area contributed by atoms with Crippen LogP contribution in [0.1, 0.15) is 25.0 Å². The second-order valence-corrected chi connectivity index (χ2v) is 4.55. The van der Waals surface area contributed by atoms with Crippen molar-refractivity contribution in [3.8, 4) is 0 Å². The minimum absolute atomic E-state index is 0. The van der Waals surface area contributed by atoms with E-state index in [0.29, 0.717) is 0 Å². The molecule has 0 aromatic carbocycles. The predicted octanol–water partition coefficient (Wildman–Crippen LogP) is 2.22. The summed E-state index contributed by atoms with van der Waals surface area (Å²) >= 11 is 0. The molecule has 21 heavy (non-hydrogen) atoms. The zero-order valence-electron chi connectivity index (χ0n) is 13.0. The number of nitrogens with zero attached hydrogens (tertiary/aromatic N) is 2. The van der Waals surface area contributed by atoms with Gasteiger partial charge in [0.2, 0.25) is 0 Å². The number of pyridine rings is 1. The van der Waals surface area contributed by atoms with Gasteiger partial charge in [-0.15, -0.1) is 24.0 Å². The summed E-state index contributed by atoms with van der Waals surface area (Å²) in [4.78, 5) is 8.50. The average molecular weight is 406 g/mol. The molecule has 1 aromatic rings. The molecule has 0 aliphatic carbocycles. The van der Waals surface area contributed by atoms with E-state index in [1.54, 1.807) is 14.2 Å². The molecule has 0 bridgehead atoms. The summed E-state index contributed by atoms with van der Waals surface area (Å²) < 4.78 is 5.02. The number of methoxy groups -OCH3 is 1. The van der Waals surface area contributed by atoms with Gasteiger partial charge in [-0.05, 0) is 31.4 Å². The van der Waals surface area contributed by atoms with E-state index in [9.17, 15) is 0 Å². The Balaban J connectivity index is 0.00000400. The third kappa shape index (κ3) is 10.5. The van der Waals surface area contributed by atoms with Crippen LogP contribution in [0, 0.1) is 0 Å². The molecule has 1 heterocycles. The lowest BCUT2D eigenvalue weighted by Gasteiger charge is -2.11. The number of nitrogens with one attached hydrogen (secondary N) is 2. The van der Waals surface area contributed by atoms with Crippen LogP contribution in [0.25, 0.3) is 0 Å². The molecule has 0 unspecified atom stereocenters. The molecule has 0 radical (unpaired) electrons. The highest BCUT2D eigenvalue weighted by atomic mass is 127. The lowest BCUT2D eigenvalue weighted by atomic mass is 10.2. The van der Waals surface area contributed by atoms with E-state index in [0.717, 1.165) is 50.6 Å². The van der Waals surface area contributed by atoms with E-state index in [-0.39, 0.29) is 24.0 Å². The molecule has 0 atom stereocenters. The molecule has 0 aliphatic rings. The minimum Gasteiger partial charge on any atom is -0.385 e. The molecular weight excluding hydrogens is 379 g/mol. The maximum absolute atomic E-state index is 5.02. The summed E-state index contributed by atoms with van der Waals surface area (Å²) in [6.07, 6.45) is 6.14. The minimum atomic E-state index is 0. The molecule has 1 rings (SSSR count). The first-order chi connectivity index (χ1) is 9.86. The number of hydrogen-bond acceptors (Lipinski definition) is 3. The zero-order valence-corrected chi connectivity index (χ0v) is 15.3. The molecular formula is C15H27IN4O. The highest BCUT2D eigenvalue weighted by molar-refractivity contribution is 14.0. The van der Waals surface area contributed by atoms with Gasteiger partial charge in [0.05, 0.1) is 0 Å². The average Bonchev–Trinajstić information content (AvgIpc) is 2.50. The highest BCUT2D eigenvalue weighted by Gasteiger charge is 1.98. The molecule has 1 aromatic heterocycles. The molecule has 120 valence electrons. The third-order valence-electron chi connectivity index (χ3n) is 2.94. The fraction of sp³-hybridized carbons (Fsp3) is 0.600. The van der Waals surface area contributed by atoms with Gasteiger partial charge < -0.3 is 15.4 Å². The molecule has 2 N–H and O–H groups in total. The van der Waals surface area contributed by atoms with Crippen molar-refractivity contribution in [3.05, 3.63) is 30.1 Å². The third-order valence-corrected chi connectivity index (χ3v) is 2.94. The number of hydrogen-bond donors (Lipinski definition) is 2. The Morgan fingerprint density at radius 3 is 2.67 bits per heavy atom. The van der Waals surface area contributed by atoms with Crippen LogP contribution in [0.15, 0.2) is 29.4 Å². The monoisotopic (exact) mass is 406 g/mol. The fourth-order valence-electron chi connectivity index (χ4n) is 1.83. The molecule has 0 fully saturated rings. The summed E-state index contributed by atoms with van der Waals surface area (Å²) in [5.74, 6) is 0.854. The van der Waals surface area contributed by atoms with Crippen molar-refractivity contribution >= 4 is 29.9 Å². The van der Waals surface area contributed by atoms with Crippen LogP contribution < -0.4 is 10.6 Å². The van der Waals surface area contributed by atoms with Crippen molar-refractivity contribution in [2.24, 2.45) is 4.99 Å². The Labute approximate surface area is 145 Å². The van der Waals surface area contributed by atoms with Gasteiger partial charge in [-0.3, -0.25) is 9.98 Å². The number of aliphatic imine (C=N–C) groups is 1. The van der Waals surface area contributed by atoms with Gasteiger partial charge in [0.15, 0.2) is 5.96 Å². The topological polar surface area (TPSA) is 58.5 Å². The maximum Gasteiger partial charge on any atom is 0.190 e. The predicted molar refractivity (Wildman–Crippen MR) is 98.4 cm³/mol. The standard InChI is InChI=1S/C15H26N4O.HI/c1-16-15(18-11-5-3-7-13-20-2)19-12-9-14-8-4-6-10-17-14;/h4,6,8,10H,3,5,7,9,11-13H2,1-2H3,(H2,16,18,19);1H. The summed E-state index contributed by atoms with van der Waals surface area (Å²) in [5, 5.41) is 6.60. The summed E-state index contributed by atoms with van der Waals surface area (Å²) in [7, 11) is 3.53. The quantitative estimate of drug-likeness (QED) is 0.286. The molecule has 0 amide bonds. The van der Waals surface area contributed by atoms with E-state index >= 15 is 0 Å². The Morgan fingerprint density at radius 2 is 2.00 bits per heavy atom. The van der Waals surface area contributed by atoms with Crippen molar-refractivity contribution < 1.29 is 4.74 Å². The van der Waals surface area contributed by atoms with Crippen LogP contribution >= 0.6 is 24.0 Å². The normalized spacial score (nSPS) is 10.9. The van der Waals surface area contributed by atoms with E-state index in [4.69, 9.17) is 4.74 Å². The van der Waals surface area contributed by atoms with Crippen LogP contribution in [0.5, 0.6) is 0 Å². The molecule has 5 nitrogen and oxygen atoms in total.